The minimum atomic E-state index is -0.842. The van der Waals surface area contributed by atoms with E-state index in [1.165, 1.54) is 0 Å². The van der Waals surface area contributed by atoms with Crippen LogP contribution in [0.15, 0.2) is 0 Å². The number of imide groups is 1. The van der Waals surface area contributed by atoms with Crippen LogP contribution in [0.4, 0.5) is 4.79 Å². The van der Waals surface area contributed by atoms with Gasteiger partial charge in [0.25, 0.3) is 5.91 Å². The van der Waals surface area contributed by atoms with Gasteiger partial charge in [0.15, 0.2) is 0 Å². The topological polar surface area (TPSA) is 93.4 Å². The molecule has 1 aliphatic carbocycles. The van der Waals surface area contributed by atoms with Gasteiger partial charge in [-0.3, -0.25) is 10.1 Å². The summed E-state index contributed by atoms with van der Waals surface area (Å²) in [6, 6.07) is -0.842. The molecule has 1 rings (SSSR count). The number of hydrogen-bond acceptors (Lipinski definition) is 4. The first-order valence-electron chi connectivity index (χ1n) is 4.97. The summed E-state index contributed by atoms with van der Waals surface area (Å²) in [7, 11) is 1.91. The first-order chi connectivity index (χ1) is 7.11. The standard InChI is InChI=1S/C9H17N3O3/c1-11-4-6-2-7(3-6)15-5-8(13)12-9(10)14/h6-7,11H,2-5H2,1H3,(H3,10,12,13,14). The molecule has 0 atom stereocenters. The van der Waals surface area contributed by atoms with Gasteiger partial charge < -0.3 is 15.8 Å². The van der Waals surface area contributed by atoms with Gasteiger partial charge in [0.05, 0.1) is 6.10 Å². The summed E-state index contributed by atoms with van der Waals surface area (Å²) in [6.45, 7) is 0.882. The smallest absolute Gasteiger partial charge is 0.318 e. The predicted octanol–water partition coefficient (Wildman–Crippen LogP) is -0.804. The highest BCUT2D eigenvalue weighted by Crippen LogP contribution is 2.29. The van der Waals surface area contributed by atoms with Crippen LogP contribution >= 0.6 is 0 Å². The lowest BCUT2D eigenvalue weighted by molar-refractivity contribution is -0.129. The van der Waals surface area contributed by atoms with Gasteiger partial charge >= 0.3 is 6.03 Å². The van der Waals surface area contributed by atoms with Crippen LogP contribution in [0.3, 0.4) is 0 Å². The average molecular weight is 215 g/mol. The van der Waals surface area contributed by atoms with E-state index < -0.39 is 11.9 Å². The molecular formula is C9H17N3O3. The van der Waals surface area contributed by atoms with Crippen LogP contribution in [0.25, 0.3) is 0 Å². The molecule has 6 nitrogen and oxygen atoms in total. The predicted molar refractivity (Wildman–Crippen MR) is 54.1 cm³/mol. The summed E-state index contributed by atoms with van der Waals surface area (Å²) < 4.78 is 5.27. The van der Waals surface area contributed by atoms with Crippen LogP contribution in [0.5, 0.6) is 0 Å². The Morgan fingerprint density at radius 2 is 2.13 bits per heavy atom. The third-order valence-corrected chi connectivity index (χ3v) is 2.40. The third-order valence-electron chi connectivity index (χ3n) is 2.40. The SMILES string of the molecule is CNCC1CC(OCC(=O)NC(N)=O)C1. The zero-order valence-electron chi connectivity index (χ0n) is 8.79. The Bertz CT molecular complexity index is 239. The number of ether oxygens (including phenoxy) is 1. The molecule has 1 saturated carbocycles. The van der Waals surface area contributed by atoms with Gasteiger partial charge in [-0.15, -0.1) is 0 Å². The van der Waals surface area contributed by atoms with Gasteiger partial charge in [0, 0.05) is 0 Å². The zero-order valence-corrected chi connectivity index (χ0v) is 8.79. The fraction of sp³-hybridized carbons (Fsp3) is 0.778. The number of nitrogens with one attached hydrogen (secondary N) is 2. The number of amides is 3. The van der Waals surface area contributed by atoms with Crippen LogP contribution in [-0.4, -0.2) is 38.2 Å². The highest BCUT2D eigenvalue weighted by atomic mass is 16.5. The Hall–Kier alpha value is -1.14. The second-order valence-electron chi connectivity index (χ2n) is 3.74. The average Bonchev–Trinajstić information content (AvgIpc) is 2.07. The van der Waals surface area contributed by atoms with Crippen molar-refractivity contribution in [1.29, 1.82) is 0 Å². The molecule has 0 bridgehead atoms. The number of carbonyl (C=O) groups is 2. The Kier molecular flexibility index (Phi) is 4.51. The maximum atomic E-state index is 11.0. The first-order valence-corrected chi connectivity index (χ1v) is 4.97. The van der Waals surface area contributed by atoms with Crippen molar-refractivity contribution in [3.8, 4) is 0 Å². The number of urea groups is 1. The van der Waals surface area contributed by atoms with E-state index in [9.17, 15) is 9.59 Å². The van der Waals surface area contributed by atoms with Crippen molar-refractivity contribution in [2.75, 3.05) is 20.2 Å². The van der Waals surface area contributed by atoms with E-state index in [0.29, 0.717) is 5.92 Å². The maximum Gasteiger partial charge on any atom is 0.318 e. The van der Waals surface area contributed by atoms with Crippen LogP contribution < -0.4 is 16.4 Å². The number of primary amides is 1. The molecule has 6 heteroatoms. The Morgan fingerprint density at radius 3 is 2.67 bits per heavy atom. The van der Waals surface area contributed by atoms with Gasteiger partial charge in [-0.25, -0.2) is 4.79 Å². The summed E-state index contributed by atoms with van der Waals surface area (Å²) in [4.78, 5) is 21.3. The van der Waals surface area contributed by atoms with E-state index in [1.807, 2.05) is 12.4 Å². The molecule has 15 heavy (non-hydrogen) atoms. The summed E-state index contributed by atoms with van der Waals surface area (Å²) in [5.74, 6) is 0.152. The van der Waals surface area contributed by atoms with Gasteiger partial charge in [-0.1, -0.05) is 0 Å². The zero-order chi connectivity index (χ0) is 11.3. The molecule has 0 spiro atoms. The van der Waals surface area contributed by atoms with E-state index >= 15 is 0 Å². The normalized spacial score (nSPS) is 24.3. The summed E-state index contributed by atoms with van der Waals surface area (Å²) in [5.41, 5.74) is 4.77. The number of hydrogen-bond donors (Lipinski definition) is 3. The molecule has 0 heterocycles. The van der Waals surface area contributed by atoms with Gasteiger partial charge in [-0.2, -0.15) is 0 Å². The second-order valence-corrected chi connectivity index (χ2v) is 3.74. The second kappa shape index (κ2) is 5.67. The van der Waals surface area contributed by atoms with Crippen LogP contribution in [-0.2, 0) is 9.53 Å². The van der Waals surface area contributed by atoms with Crippen LogP contribution in [0.2, 0.25) is 0 Å². The van der Waals surface area contributed by atoms with Crippen molar-refractivity contribution >= 4 is 11.9 Å². The Labute approximate surface area is 88.5 Å². The van der Waals surface area contributed by atoms with Gasteiger partial charge in [0.1, 0.15) is 6.61 Å². The van der Waals surface area contributed by atoms with Gasteiger partial charge in [-0.05, 0) is 32.4 Å². The molecule has 4 N–H and O–H groups in total. The van der Waals surface area contributed by atoms with E-state index in [1.54, 1.807) is 0 Å². The number of rotatable bonds is 5. The Balaban J connectivity index is 2.03. The number of carbonyl (C=O) groups excluding carboxylic acids is 2. The Morgan fingerprint density at radius 1 is 1.47 bits per heavy atom. The maximum absolute atomic E-state index is 11.0. The van der Waals surface area contributed by atoms with Gasteiger partial charge in [0.2, 0.25) is 0 Å². The molecule has 0 radical (unpaired) electrons. The first kappa shape index (κ1) is 11.9. The molecule has 0 aromatic carbocycles. The van der Waals surface area contributed by atoms with Crippen LogP contribution in [0, 0.1) is 5.92 Å². The quantitative estimate of drug-likeness (QED) is 0.559. The van der Waals surface area contributed by atoms with Crippen molar-refractivity contribution in [1.82, 2.24) is 10.6 Å². The molecule has 0 unspecified atom stereocenters. The number of nitrogens with two attached hydrogens (primary N) is 1. The largest absolute Gasteiger partial charge is 0.368 e. The molecule has 0 aromatic rings. The monoisotopic (exact) mass is 215 g/mol. The molecule has 1 fully saturated rings. The lowest BCUT2D eigenvalue weighted by Gasteiger charge is -2.34. The molecule has 3 amide bonds. The van der Waals surface area contributed by atoms with Crippen LogP contribution in [0.1, 0.15) is 12.8 Å². The molecule has 0 aliphatic heterocycles. The van der Waals surface area contributed by atoms with Crippen molar-refractivity contribution in [3.63, 3.8) is 0 Å². The van der Waals surface area contributed by atoms with Crippen molar-refractivity contribution in [2.24, 2.45) is 11.7 Å². The highest BCUT2D eigenvalue weighted by Gasteiger charge is 2.29. The minimum absolute atomic E-state index is 0.0973. The van der Waals surface area contributed by atoms with E-state index in [2.05, 4.69) is 5.32 Å². The molecular weight excluding hydrogens is 198 g/mol. The lowest BCUT2D eigenvalue weighted by atomic mass is 9.82. The third kappa shape index (κ3) is 4.26. The minimum Gasteiger partial charge on any atom is -0.368 e. The van der Waals surface area contributed by atoms with Crippen molar-refractivity contribution in [2.45, 2.75) is 18.9 Å². The molecule has 0 saturated heterocycles. The molecule has 0 aromatic heterocycles. The van der Waals surface area contributed by atoms with E-state index in [-0.39, 0.29) is 12.7 Å². The fourth-order valence-electron chi connectivity index (χ4n) is 1.63. The summed E-state index contributed by atoms with van der Waals surface area (Å²) in [6.07, 6.45) is 2.07. The lowest BCUT2D eigenvalue weighted by Crippen LogP contribution is -2.41. The molecule has 1 aliphatic rings. The fourth-order valence-corrected chi connectivity index (χ4v) is 1.63. The van der Waals surface area contributed by atoms with Crippen molar-refractivity contribution in [3.05, 3.63) is 0 Å². The summed E-state index contributed by atoms with van der Waals surface area (Å²) in [5, 5.41) is 5.03. The highest BCUT2D eigenvalue weighted by molar-refractivity contribution is 5.94. The van der Waals surface area contributed by atoms with E-state index in [0.717, 1.165) is 19.4 Å². The van der Waals surface area contributed by atoms with Crippen molar-refractivity contribution < 1.29 is 14.3 Å². The van der Waals surface area contributed by atoms with E-state index in [4.69, 9.17) is 10.5 Å². The molecule has 86 valence electrons. The summed E-state index contributed by atoms with van der Waals surface area (Å²) >= 11 is 0.